The lowest BCUT2D eigenvalue weighted by Gasteiger charge is -2.39. The van der Waals surface area contributed by atoms with E-state index in [1.807, 2.05) is 45.0 Å². The molecule has 1 N–H and O–H groups in total. The molecule has 6 atom stereocenters. The van der Waals surface area contributed by atoms with Crippen molar-refractivity contribution >= 4 is 23.4 Å². The van der Waals surface area contributed by atoms with Crippen LogP contribution in [0.2, 0.25) is 0 Å². The number of β-amino-alcohol motifs (C(OH)–C–C–N with tert-alkyl or cyclic N) is 1. The second kappa shape index (κ2) is 12.4. The van der Waals surface area contributed by atoms with Crippen LogP contribution in [0.3, 0.4) is 0 Å². The van der Waals surface area contributed by atoms with Gasteiger partial charge in [-0.2, -0.15) is 0 Å². The molecule has 1 aromatic rings. The van der Waals surface area contributed by atoms with E-state index < -0.39 is 29.1 Å². The van der Waals surface area contributed by atoms with E-state index in [1.165, 1.54) is 4.90 Å². The molecular weight excluding hydrogens is 522 g/mol. The highest BCUT2D eigenvalue weighted by atomic mass is 16.5. The van der Waals surface area contributed by atoms with Crippen LogP contribution in [-0.4, -0.2) is 89.3 Å². The molecule has 0 radical (unpaired) electrons. The van der Waals surface area contributed by atoms with Gasteiger partial charge in [0.1, 0.15) is 17.4 Å². The average Bonchev–Trinajstić information content (AvgIpc) is 3.46. The van der Waals surface area contributed by atoms with Gasteiger partial charge in [0.05, 0.1) is 30.7 Å². The number of carbonyl (C=O) groups excluding carboxylic acids is 3. The van der Waals surface area contributed by atoms with E-state index in [0.29, 0.717) is 37.6 Å². The molecule has 1 aromatic carbocycles. The quantitative estimate of drug-likeness (QED) is 0.346. The van der Waals surface area contributed by atoms with Crippen LogP contribution >= 0.6 is 0 Å². The Kier molecular flexibility index (Phi) is 9.29. The van der Waals surface area contributed by atoms with E-state index in [4.69, 9.17) is 9.47 Å². The number of rotatable bonds is 14. The zero-order valence-electron chi connectivity index (χ0n) is 24.9. The third-order valence-corrected chi connectivity index (χ3v) is 9.14. The largest absolute Gasteiger partial charge is 0.494 e. The van der Waals surface area contributed by atoms with Crippen LogP contribution in [0.15, 0.2) is 49.6 Å². The van der Waals surface area contributed by atoms with Gasteiger partial charge in [0.25, 0.3) is 0 Å². The fourth-order valence-corrected chi connectivity index (χ4v) is 7.22. The second-order valence-corrected chi connectivity index (χ2v) is 11.6. The summed E-state index contributed by atoms with van der Waals surface area (Å²) in [4.78, 5) is 47.8. The first-order valence-corrected chi connectivity index (χ1v) is 14.8. The van der Waals surface area contributed by atoms with Crippen LogP contribution in [0, 0.1) is 17.8 Å². The van der Waals surface area contributed by atoms with Crippen molar-refractivity contribution in [2.75, 3.05) is 44.3 Å². The molecule has 0 aromatic heterocycles. The van der Waals surface area contributed by atoms with Crippen molar-refractivity contribution in [3.8, 4) is 5.75 Å². The van der Waals surface area contributed by atoms with Gasteiger partial charge in [0.15, 0.2) is 0 Å². The molecule has 3 heterocycles. The summed E-state index contributed by atoms with van der Waals surface area (Å²) in [5.74, 6) is -1.82. The Balaban J connectivity index is 1.77. The number of anilines is 1. The first-order valence-electron chi connectivity index (χ1n) is 14.8. The Morgan fingerprint density at radius 1 is 1.17 bits per heavy atom. The number of aliphatic hydroxyl groups excluding tert-OH is 1. The molecule has 0 saturated carbocycles. The molecule has 4 rings (SSSR count). The van der Waals surface area contributed by atoms with Crippen molar-refractivity contribution in [3.63, 3.8) is 0 Å². The minimum atomic E-state index is -1.16. The van der Waals surface area contributed by atoms with Crippen molar-refractivity contribution in [2.45, 2.75) is 64.2 Å². The summed E-state index contributed by atoms with van der Waals surface area (Å²) in [6.45, 7) is 16.9. The first-order chi connectivity index (χ1) is 19.6. The molecule has 2 bridgehead atoms. The molecule has 0 aliphatic carbocycles. The summed E-state index contributed by atoms with van der Waals surface area (Å²) in [6.07, 6.45) is 5.54. The summed E-state index contributed by atoms with van der Waals surface area (Å²) >= 11 is 0. The summed E-state index contributed by atoms with van der Waals surface area (Å²) in [5.41, 5.74) is -1.45. The second-order valence-electron chi connectivity index (χ2n) is 11.6. The van der Waals surface area contributed by atoms with E-state index in [9.17, 15) is 19.5 Å². The van der Waals surface area contributed by atoms with Crippen molar-refractivity contribution < 1.29 is 29.0 Å². The van der Waals surface area contributed by atoms with Gasteiger partial charge in [0.2, 0.25) is 17.7 Å². The minimum absolute atomic E-state index is 0.00613. The lowest BCUT2D eigenvalue weighted by atomic mass is 9.62. The molecule has 9 heteroatoms. The number of fused-ring (bicyclic) bond motifs is 1. The van der Waals surface area contributed by atoms with E-state index >= 15 is 0 Å². The topological polar surface area (TPSA) is 99.6 Å². The molecule has 3 saturated heterocycles. The summed E-state index contributed by atoms with van der Waals surface area (Å²) < 4.78 is 12.4. The number of benzene rings is 1. The van der Waals surface area contributed by atoms with Gasteiger partial charge >= 0.3 is 0 Å². The zero-order chi connectivity index (χ0) is 29.9. The Labute approximate surface area is 243 Å². The number of hydrogen-bond acceptors (Lipinski definition) is 6. The fourth-order valence-electron chi connectivity index (χ4n) is 7.22. The number of nitrogens with zero attached hydrogens (tertiary/aromatic N) is 3. The highest BCUT2D eigenvalue weighted by molar-refractivity contribution is 6.03. The molecule has 3 aliphatic heterocycles. The van der Waals surface area contributed by atoms with Crippen molar-refractivity contribution in [2.24, 2.45) is 17.8 Å². The molecule has 224 valence electrons. The number of likely N-dealkylation sites (tertiary alicyclic amines) is 1. The lowest BCUT2D eigenvalue weighted by molar-refractivity contribution is -0.152. The maximum Gasteiger partial charge on any atom is 0.248 e. The highest BCUT2D eigenvalue weighted by Crippen LogP contribution is 2.65. The molecule has 41 heavy (non-hydrogen) atoms. The molecule has 3 aliphatic rings. The zero-order valence-corrected chi connectivity index (χ0v) is 24.9. The normalized spacial score (nSPS) is 29.8. The summed E-state index contributed by atoms with van der Waals surface area (Å²) in [5, 5.41) is 9.93. The first kappa shape index (κ1) is 30.8. The number of hydrogen-bond donors (Lipinski definition) is 1. The Morgan fingerprint density at radius 3 is 2.44 bits per heavy atom. The summed E-state index contributed by atoms with van der Waals surface area (Å²) in [6, 6.07) is 6.35. The summed E-state index contributed by atoms with van der Waals surface area (Å²) in [7, 11) is 0. The lowest BCUT2D eigenvalue weighted by Crippen LogP contribution is -2.57. The fraction of sp³-hybridized carbons (Fsp3) is 0.594. The number of amides is 3. The van der Waals surface area contributed by atoms with Gasteiger partial charge in [0, 0.05) is 31.9 Å². The van der Waals surface area contributed by atoms with Gasteiger partial charge in [-0.15, -0.1) is 13.2 Å². The number of carbonyl (C=O) groups is 3. The Morgan fingerprint density at radius 2 is 1.85 bits per heavy atom. The molecule has 3 unspecified atom stereocenters. The maximum atomic E-state index is 14.5. The van der Waals surface area contributed by atoms with Crippen molar-refractivity contribution in [1.29, 1.82) is 0 Å². The van der Waals surface area contributed by atoms with Crippen LogP contribution in [0.4, 0.5) is 5.69 Å². The monoisotopic (exact) mass is 567 g/mol. The predicted molar refractivity (Wildman–Crippen MR) is 157 cm³/mol. The van der Waals surface area contributed by atoms with E-state index in [0.717, 1.165) is 12.8 Å². The van der Waals surface area contributed by atoms with Crippen LogP contribution in [0.25, 0.3) is 0 Å². The number of ether oxygens (including phenoxy) is 2. The smallest absolute Gasteiger partial charge is 0.248 e. The number of aliphatic hydroxyl groups is 1. The highest BCUT2D eigenvalue weighted by Gasteiger charge is 2.80. The van der Waals surface area contributed by atoms with Gasteiger partial charge < -0.3 is 29.3 Å². The minimum Gasteiger partial charge on any atom is -0.494 e. The van der Waals surface area contributed by atoms with Gasteiger partial charge in [-0.25, -0.2) is 0 Å². The van der Waals surface area contributed by atoms with Crippen LogP contribution in [0.1, 0.15) is 47.0 Å². The van der Waals surface area contributed by atoms with E-state index in [2.05, 4.69) is 20.1 Å². The van der Waals surface area contributed by atoms with Gasteiger partial charge in [-0.3, -0.25) is 14.4 Å². The Bertz CT molecular complexity index is 1150. The third-order valence-electron chi connectivity index (χ3n) is 9.14. The van der Waals surface area contributed by atoms with Crippen LogP contribution < -0.4 is 9.64 Å². The molecule has 3 fully saturated rings. The number of unbranched alkanes of at least 4 members (excludes halogenated alkanes) is 1. The predicted octanol–water partition coefficient (Wildman–Crippen LogP) is 3.42. The van der Waals surface area contributed by atoms with E-state index in [-0.39, 0.29) is 43.3 Å². The third kappa shape index (κ3) is 5.07. The molecular formula is C32H45N3O6. The average molecular weight is 568 g/mol. The van der Waals surface area contributed by atoms with Gasteiger partial charge in [-0.05, 0) is 56.9 Å². The van der Waals surface area contributed by atoms with Gasteiger partial charge in [-0.1, -0.05) is 32.4 Å². The molecule has 3 amide bonds. The van der Waals surface area contributed by atoms with E-state index in [1.54, 1.807) is 22.0 Å². The Hall–Kier alpha value is -3.17. The van der Waals surface area contributed by atoms with Crippen molar-refractivity contribution in [3.05, 3.63) is 49.6 Å². The SMILES string of the molecule is C=CCN(CCCC)C(=O)C1N(CCO)C(=O)[C@@H]2[C@@H](C(=O)N(CC=C)c3ccc(OCC)cc3)[C@]3(C)OC12CC3C. The maximum absolute atomic E-state index is 14.5. The van der Waals surface area contributed by atoms with Crippen LogP contribution in [-0.2, 0) is 19.1 Å². The molecule has 1 spiro atoms. The molecule has 9 nitrogen and oxygen atoms in total. The standard InChI is InChI=1S/C32H45N3O6/c1-7-11-18-33(16-8-2)30(39)27-32-21-22(5)31(6,41-32)25(26(32)29(38)35(27)19-20-36)28(37)34(17-9-3)23-12-14-24(15-13-23)40-10-4/h8-9,12-15,22,25-27,36H,2-3,7,10-11,16-21H2,1,4-6H3/t22?,25-,26-,27?,31+,32?/m0/s1. The van der Waals surface area contributed by atoms with Crippen LogP contribution in [0.5, 0.6) is 5.75 Å². The van der Waals surface area contributed by atoms with Crippen molar-refractivity contribution in [1.82, 2.24) is 9.80 Å².